The number of hydrogen-bond donors (Lipinski definition) is 4. The lowest BCUT2D eigenvalue weighted by molar-refractivity contribution is -0.152. The van der Waals surface area contributed by atoms with Gasteiger partial charge in [0.15, 0.2) is 5.60 Å². The average molecular weight is 392 g/mol. The minimum Gasteiger partial charge on any atom is -0.446 e. The molecule has 0 aromatic rings. The van der Waals surface area contributed by atoms with Crippen molar-refractivity contribution in [3.05, 3.63) is 36.0 Å². The van der Waals surface area contributed by atoms with Gasteiger partial charge in [0.25, 0.3) is 0 Å². The van der Waals surface area contributed by atoms with Gasteiger partial charge in [-0.3, -0.25) is 0 Å². The van der Waals surface area contributed by atoms with Crippen molar-refractivity contribution in [3.8, 4) is 0 Å². The van der Waals surface area contributed by atoms with Gasteiger partial charge in [0.2, 0.25) is 0 Å². The second kappa shape index (κ2) is 7.41. The van der Waals surface area contributed by atoms with Crippen LogP contribution in [0.1, 0.15) is 39.5 Å². The van der Waals surface area contributed by atoms with Gasteiger partial charge in [-0.05, 0) is 43.1 Å². The predicted molar refractivity (Wildman–Crippen MR) is 104 cm³/mol. The molecule has 0 saturated heterocycles. The number of cyclic esters (lactones) is 1. The maximum absolute atomic E-state index is 12.2. The lowest BCUT2D eigenvalue weighted by atomic mass is 9.46. The average Bonchev–Trinajstić information content (AvgIpc) is 3.01. The molecule has 28 heavy (non-hydrogen) atoms. The van der Waals surface area contributed by atoms with Gasteiger partial charge in [0.1, 0.15) is 0 Å². The van der Waals surface area contributed by atoms with Gasteiger partial charge >= 0.3 is 5.97 Å². The van der Waals surface area contributed by atoms with Crippen LogP contribution in [0, 0.1) is 22.7 Å². The van der Waals surface area contributed by atoms with Crippen molar-refractivity contribution < 1.29 is 30.0 Å². The Labute approximate surface area is 166 Å². The summed E-state index contributed by atoms with van der Waals surface area (Å²) in [5, 5.41) is 39.5. The molecule has 6 heteroatoms. The highest BCUT2D eigenvalue weighted by atomic mass is 16.6. The third-order valence-electron chi connectivity index (χ3n) is 7.51. The quantitative estimate of drug-likeness (QED) is 0.417. The summed E-state index contributed by atoms with van der Waals surface area (Å²) in [5.74, 6) is -0.439. The molecule has 156 valence electrons. The minimum absolute atomic E-state index is 0.00317. The molecule has 6 nitrogen and oxygen atoms in total. The summed E-state index contributed by atoms with van der Waals surface area (Å²) < 4.78 is 5.15. The summed E-state index contributed by atoms with van der Waals surface area (Å²) in [7, 11) is 0. The van der Waals surface area contributed by atoms with Crippen LogP contribution < -0.4 is 0 Å². The molecule has 4 N–H and O–H groups in total. The van der Waals surface area contributed by atoms with Gasteiger partial charge in [-0.15, -0.1) is 0 Å². The van der Waals surface area contributed by atoms with Crippen molar-refractivity contribution in [3.63, 3.8) is 0 Å². The Kier molecular flexibility index (Phi) is 5.62. The Morgan fingerprint density at radius 2 is 1.89 bits per heavy atom. The molecule has 0 aromatic heterocycles. The molecule has 0 amide bonds. The Bertz CT molecular complexity index is 706. The first kappa shape index (κ1) is 21.2. The van der Waals surface area contributed by atoms with Crippen LogP contribution >= 0.6 is 0 Å². The largest absolute Gasteiger partial charge is 0.446 e. The number of fused-ring (bicyclic) bond motifs is 1. The van der Waals surface area contributed by atoms with Crippen LogP contribution in [0.3, 0.4) is 0 Å². The van der Waals surface area contributed by atoms with E-state index in [0.717, 1.165) is 24.8 Å². The van der Waals surface area contributed by atoms with Gasteiger partial charge in [0, 0.05) is 11.3 Å². The second-order valence-corrected chi connectivity index (χ2v) is 9.18. The normalized spacial score (nSPS) is 40.4. The molecule has 0 spiro atoms. The topological polar surface area (TPSA) is 107 Å². The van der Waals surface area contributed by atoms with E-state index in [1.165, 1.54) is 6.08 Å². The Hall–Kier alpha value is -1.47. The van der Waals surface area contributed by atoms with E-state index in [2.05, 4.69) is 13.5 Å². The van der Waals surface area contributed by atoms with Crippen molar-refractivity contribution in [2.75, 3.05) is 19.8 Å². The van der Waals surface area contributed by atoms with Gasteiger partial charge in [0.05, 0.1) is 31.5 Å². The van der Waals surface area contributed by atoms with E-state index in [0.29, 0.717) is 12.0 Å². The molecule has 0 radical (unpaired) electrons. The van der Waals surface area contributed by atoms with Crippen molar-refractivity contribution in [1.82, 2.24) is 0 Å². The third-order valence-corrected chi connectivity index (χ3v) is 7.51. The Morgan fingerprint density at radius 3 is 2.46 bits per heavy atom. The Balaban J connectivity index is 1.92. The van der Waals surface area contributed by atoms with Gasteiger partial charge in [-0.1, -0.05) is 38.2 Å². The van der Waals surface area contributed by atoms with Gasteiger partial charge in [-0.25, -0.2) is 4.79 Å². The van der Waals surface area contributed by atoms with E-state index >= 15 is 0 Å². The fourth-order valence-corrected chi connectivity index (χ4v) is 5.63. The number of allylic oxidation sites excluding steroid dienone is 2. The zero-order valence-corrected chi connectivity index (χ0v) is 16.7. The number of aliphatic hydroxyl groups excluding tert-OH is 4. The number of esters is 1. The maximum Gasteiger partial charge on any atom is 0.338 e. The van der Waals surface area contributed by atoms with Crippen molar-refractivity contribution in [2.24, 2.45) is 22.7 Å². The van der Waals surface area contributed by atoms with E-state index in [9.17, 15) is 25.2 Å². The highest BCUT2D eigenvalue weighted by molar-refractivity contribution is 5.94. The molecule has 0 unspecified atom stereocenters. The summed E-state index contributed by atoms with van der Waals surface area (Å²) >= 11 is 0. The van der Waals surface area contributed by atoms with Crippen LogP contribution in [0.15, 0.2) is 36.0 Å². The van der Waals surface area contributed by atoms with Gasteiger partial charge < -0.3 is 25.2 Å². The number of rotatable bonds is 5. The van der Waals surface area contributed by atoms with E-state index in [4.69, 9.17) is 4.74 Å². The van der Waals surface area contributed by atoms with E-state index in [1.54, 1.807) is 6.08 Å². The van der Waals surface area contributed by atoms with Crippen LogP contribution in [-0.4, -0.2) is 57.9 Å². The van der Waals surface area contributed by atoms with Crippen LogP contribution in [0.25, 0.3) is 0 Å². The first-order valence-electron chi connectivity index (χ1n) is 9.98. The van der Waals surface area contributed by atoms with Crippen LogP contribution in [0.5, 0.6) is 0 Å². The van der Waals surface area contributed by atoms with E-state index in [-0.39, 0.29) is 23.9 Å². The predicted octanol–water partition coefficient (Wildman–Crippen LogP) is 1.49. The lowest BCUT2D eigenvalue weighted by Gasteiger charge is -2.59. The molecule has 1 aliphatic heterocycles. The van der Waals surface area contributed by atoms with Crippen LogP contribution in [0.2, 0.25) is 0 Å². The summed E-state index contributed by atoms with van der Waals surface area (Å²) in [4.78, 5) is 12.2. The third kappa shape index (κ3) is 3.16. The molecule has 5 atom stereocenters. The fourth-order valence-electron chi connectivity index (χ4n) is 5.63. The number of aliphatic hydroxyl groups is 4. The van der Waals surface area contributed by atoms with Crippen LogP contribution in [0.4, 0.5) is 0 Å². The van der Waals surface area contributed by atoms with Crippen molar-refractivity contribution in [2.45, 2.75) is 51.2 Å². The smallest absolute Gasteiger partial charge is 0.338 e. The standard InChI is InChI=1S/C22H32O6/c1-14-4-7-17-20(2,9-8-18(26)21(17,3)11-23)16(14)6-5-15-10-22(12-24,13-25)28-19(15)27/h5-6,10,16-18,23-26H,1,4,7-9,11-13H2,2-3H3/b6-5+/t16-,17+,18-,20+,21+/m1/s1. The molecule has 3 rings (SSSR count). The van der Waals surface area contributed by atoms with E-state index in [1.807, 2.05) is 13.0 Å². The summed E-state index contributed by atoms with van der Waals surface area (Å²) in [6, 6.07) is 0. The number of ether oxygens (including phenoxy) is 1. The fraction of sp³-hybridized carbons (Fsp3) is 0.682. The second-order valence-electron chi connectivity index (χ2n) is 9.18. The summed E-state index contributed by atoms with van der Waals surface area (Å²) in [5.41, 5.74) is -0.723. The Morgan fingerprint density at radius 1 is 1.21 bits per heavy atom. The zero-order chi connectivity index (χ0) is 20.7. The SMILES string of the molecule is C=C1CC[C@@H]2[C@](C)(CO)[C@H](O)CC[C@@]2(C)[C@@H]1/C=C/C1=CC(CO)(CO)OC1=O. The molecule has 0 aromatic carbocycles. The van der Waals surface area contributed by atoms with Crippen LogP contribution in [-0.2, 0) is 9.53 Å². The first-order chi connectivity index (χ1) is 13.2. The number of hydrogen-bond acceptors (Lipinski definition) is 6. The van der Waals surface area contributed by atoms with Crippen molar-refractivity contribution >= 4 is 5.97 Å². The maximum atomic E-state index is 12.2. The monoisotopic (exact) mass is 392 g/mol. The molecule has 3 aliphatic rings. The minimum atomic E-state index is -1.36. The first-order valence-corrected chi connectivity index (χ1v) is 9.98. The number of carbonyl (C=O) groups excluding carboxylic acids is 1. The highest BCUT2D eigenvalue weighted by Crippen LogP contribution is 2.61. The molecular weight excluding hydrogens is 360 g/mol. The molecule has 2 fully saturated rings. The molecule has 1 heterocycles. The molecule has 0 bridgehead atoms. The molecule has 2 saturated carbocycles. The summed E-state index contributed by atoms with van der Waals surface area (Å²) in [6.07, 6.45) is 7.69. The highest BCUT2D eigenvalue weighted by Gasteiger charge is 2.57. The summed E-state index contributed by atoms with van der Waals surface area (Å²) in [6.45, 7) is 7.38. The van der Waals surface area contributed by atoms with E-state index < -0.39 is 36.3 Å². The molecule has 2 aliphatic carbocycles. The number of carbonyl (C=O) groups is 1. The molecular formula is C22H32O6. The van der Waals surface area contributed by atoms with Crippen molar-refractivity contribution in [1.29, 1.82) is 0 Å². The van der Waals surface area contributed by atoms with Gasteiger partial charge in [-0.2, -0.15) is 0 Å². The zero-order valence-electron chi connectivity index (χ0n) is 16.7. The lowest BCUT2D eigenvalue weighted by Crippen LogP contribution is -2.57.